The lowest BCUT2D eigenvalue weighted by atomic mass is 9.40. The van der Waals surface area contributed by atoms with Crippen LogP contribution < -0.4 is 9.47 Å². The molecule has 65 heavy (non-hydrogen) atoms. The Labute approximate surface area is 379 Å². The number of carbonyl (C=O) groups is 2. The Morgan fingerprint density at radius 3 is 2.22 bits per heavy atom. The summed E-state index contributed by atoms with van der Waals surface area (Å²) in [6.45, 7) is 1.45. The number of benzene rings is 6. The summed E-state index contributed by atoms with van der Waals surface area (Å²) < 4.78 is 24.6. The zero-order valence-corrected chi connectivity index (χ0v) is 36.9. The molecule has 0 saturated heterocycles. The highest BCUT2D eigenvalue weighted by molar-refractivity contribution is 5.98. The van der Waals surface area contributed by atoms with Crippen molar-refractivity contribution in [3.8, 4) is 39.9 Å². The minimum absolute atomic E-state index is 0.0146. The lowest BCUT2D eigenvalue weighted by Gasteiger charge is -2.64. The van der Waals surface area contributed by atoms with E-state index in [0.717, 1.165) is 74.5 Å². The molecule has 0 radical (unpaired) electrons. The Hall–Kier alpha value is -6.74. The molecule has 0 amide bonds. The van der Waals surface area contributed by atoms with E-state index in [9.17, 15) is 24.9 Å². The molecule has 332 valence electrons. The van der Waals surface area contributed by atoms with Crippen molar-refractivity contribution < 1.29 is 43.9 Å². The van der Waals surface area contributed by atoms with Crippen molar-refractivity contribution in [3.63, 3.8) is 0 Å². The molecule has 2 fully saturated rings. The monoisotopic (exact) mass is 870 g/mol. The molecule has 6 aromatic rings. The molecule has 0 spiro atoms. The van der Waals surface area contributed by atoms with Crippen molar-refractivity contribution in [1.29, 1.82) is 0 Å². The van der Waals surface area contributed by atoms with Crippen molar-refractivity contribution >= 4 is 28.8 Å². The number of methoxy groups -OCH3 is 2. The van der Waals surface area contributed by atoms with Crippen molar-refractivity contribution in [3.05, 3.63) is 155 Å². The third-order valence-electron chi connectivity index (χ3n) is 15.0. The van der Waals surface area contributed by atoms with Crippen LogP contribution in [0, 0.1) is 23.2 Å². The molecule has 0 aliphatic heterocycles. The van der Waals surface area contributed by atoms with E-state index in [2.05, 4.69) is 24.3 Å². The fourth-order valence-corrected chi connectivity index (χ4v) is 12.7. The van der Waals surface area contributed by atoms with E-state index in [1.54, 1.807) is 26.4 Å². The van der Waals surface area contributed by atoms with Gasteiger partial charge >= 0.3 is 11.9 Å². The molecule has 2 saturated carbocycles. The number of phenols is 3. The molecule has 10 rings (SSSR count). The number of allylic oxidation sites excluding steroid dienone is 1. The molecule has 9 heteroatoms. The van der Waals surface area contributed by atoms with Gasteiger partial charge in [0, 0.05) is 24.7 Å². The van der Waals surface area contributed by atoms with Crippen LogP contribution in [0.1, 0.15) is 77.8 Å². The number of carbonyl (C=O) groups excluding carboxylic acids is 2. The number of hydrogen-bond acceptors (Lipinski definition) is 9. The fraction of sp³-hybridized carbons (Fsp3) is 0.321. The molecule has 9 nitrogen and oxygen atoms in total. The zero-order chi connectivity index (χ0) is 45.0. The van der Waals surface area contributed by atoms with Gasteiger partial charge in [-0.3, -0.25) is 9.59 Å². The van der Waals surface area contributed by atoms with Crippen LogP contribution in [0.3, 0.4) is 0 Å². The second kappa shape index (κ2) is 17.0. The number of hydrogen-bond donors (Lipinski definition) is 3. The Kier molecular flexibility index (Phi) is 11.0. The van der Waals surface area contributed by atoms with E-state index in [1.165, 1.54) is 6.92 Å². The van der Waals surface area contributed by atoms with Gasteiger partial charge in [-0.2, -0.15) is 0 Å². The SMILES string of the molecule is COc1cc2c(cc1O)[C@@H]1CC[C@@H]3Cc4cc(O)c(OC)cc4[C@H]4C[C@H](OC(=O)Cc5ccc6cc(O)cc(-c7ccccc7)c6c5)C[C@@H](OC(C)=O)[C@@H](C2)[C@]1(/C=C/c1ccccc1)[C@H]34. The predicted octanol–water partition coefficient (Wildman–Crippen LogP) is 10.8. The molecule has 0 aromatic heterocycles. The minimum Gasteiger partial charge on any atom is -0.508 e. The van der Waals surface area contributed by atoms with E-state index in [4.69, 9.17) is 18.9 Å². The molecule has 0 heterocycles. The first-order valence-corrected chi connectivity index (χ1v) is 22.7. The van der Waals surface area contributed by atoms with Gasteiger partial charge in [0.2, 0.25) is 0 Å². The van der Waals surface area contributed by atoms with Gasteiger partial charge in [0.25, 0.3) is 0 Å². The van der Waals surface area contributed by atoms with Crippen LogP contribution in [0.4, 0.5) is 0 Å². The Morgan fingerprint density at radius 1 is 0.738 bits per heavy atom. The van der Waals surface area contributed by atoms with Crippen LogP contribution in [0.2, 0.25) is 0 Å². The third-order valence-corrected chi connectivity index (χ3v) is 15.0. The second-order valence-corrected chi connectivity index (χ2v) is 18.5. The number of rotatable bonds is 9. The van der Waals surface area contributed by atoms with Gasteiger partial charge in [0.05, 0.1) is 20.6 Å². The van der Waals surface area contributed by atoms with Crippen LogP contribution in [0.5, 0.6) is 28.7 Å². The van der Waals surface area contributed by atoms with Crippen molar-refractivity contribution in [1.82, 2.24) is 0 Å². The van der Waals surface area contributed by atoms with E-state index < -0.39 is 29.6 Å². The van der Waals surface area contributed by atoms with Gasteiger partial charge in [-0.15, -0.1) is 0 Å². The zero-order valence-electron chi connectivity index (χ0n) is 36.9. The van der Waals surface area contributed by atoms with Crippen LogP contribution in [-0.2, 0) is 38.3 Å². The van der Waals surface area contributed by atoms with E-state index in [-0.39, 0.29) is 59.7 Å². The van der Waals surface area contributed by atoms with E-state index >= 15 is 0 Å². The Bertz CT molecular complexity index is 2820. The van der Waals surface area contributed by atoms with Crippen molar-refractivity contribution in [2.75, 3.05) is 14.2 Å². The highest BCUT2D eigenvalue weighted by atomic mass is 16.6. The number of ether oxygens (including phenoxy) is 4. The van der Waals surface area contributed by atoms with Gasteiger partial charge in [-0.05, 0) is 154 Å². The number of esters is 2. The topological polar surface area (TPSA) is 132 Å². The normalized spacial score (nSPS) is 25.3. The van der Waals surface area contributed by atoms with Gasteiger partial charge in [-0.25, -0.2) is 0 Å². The second-order valence-electron chi connectivity index (χ2n) is 18.5. The molecular weight excluding hydrogens is 817 g/mol. The molecule has 4 aliphatic carbocycles. The van der Waals surface area contributed by atoms with E-state index in [1.807, 2.05) is 91.0 Å². The van der Waals surface area contributed by atoms with Crippen LogP contribution >= 0.6 is 0 Å². The lowest BCUT2D eigenvalue weighted by molar-refractivity contribution is -0.169. The van der Waals surface area contributed by atoms with Crippen molar-refractivity contribution in [2.24, 2.45) is 23.2 Å². The largest absolute Gasteiger partial charge is 0.508 e. The number of fused-ring (bicyclic) bond motifs is 5. The van der Waals surface area contributed by atoms with Gasteiger partial charge in [0.1, 0.15) is 18.0 Å². The highest BCUT2D eigenvalue weighted by Crippen LogP contribution is 2.69. The summed E-state index contributed by atoms with van der Waals surface area (Å²) >= 11 is 0. The molecule has 8 atom stereocenters. The van der Waals surface area contributed by atoms with Crippen molar-refractivity contribution in [2.45, 2.75) is 75.9 Å². The number of aromatic hydroxyl groups is 3. The summed E-state index contributed by atoms with van der Waals surface area (Å²) in [5.74, 6) is 0.0608. The van der Waals surface area contributed by atoms with Crippen LogP contribution in [-0.4, -0.2) is 53.7 Å². The smallest absolute Gasteiger partial charge is 0.310 e. The molecular formula is C56H54O9. The summed E-state index contributed by atoms with van der Waals surface area (Å²) in [6, 6.07) is 37.1. The third kappa shape index (κ3) is 7.64. The molecule has 3 N–H and O–H groups in total. The average Bonchev–Trinajstić information content (AvgIpc) is 3.29. The maximum atomic E-state index is 14.4. The van der Waals surface area contributed by atoms with E-state index in [0.29, 0.717) is 24.3 Å². The molecule has 0 bridgehead atoms. The highest BCUT2D eigenvalue weighted by Gasteiger charge is 2.63. The quantitative estimate of drug-likeness (QED) is 0.122. The first-order chi connectivity index (χ1) is 31.5. The van der Waals surface area contributed by atoms with Gasteiger partial charge in [0.15, 0.2) is 23.0 Å². The first kappa shape index (κ1) is 42.2. The fourth-order valence-electron chi connectivity index (χ4n) is 12.7. The Morgan fingerprint density at radius 2 is 1.46 bits per heavy atom. The predicted molar refractivity (Wildman–Crippen MR) is 249 cm³/mol. The number of phenolic OH excluding ortho intramolecular Hbond substituents is 3. The summed E-state index contributed by atoms with van der Waals surface area (Å²) in [5.41, 5.74) is 7.32. The molecule has 0 unspecified atom stereocenters. The minimum atomic E-state index is -0.632. The Balaban J connectivity index is 1.10. The molecule has 4 aliphatic rings. The summed E-state index contributed by atoms with van der Waals surface area (Å²) in [6.07, 6.45) is 7.13. The summed E-state index contributed by atoms with van der Waals surface area (Å²) in [4.78, 5) is 27.8. The standard InChI is InChI=1S/C56H54O9/c1-32(57)64-51-29-41(65-54(61)21-34-14-15-36-23-40(58)27-43(42(36)20-34)35-12-8-5-9-13-35)28-46-44-31-53(63-3)49(59)25-38(44)22-37-16-17-47-45-30-50(60)52(62-2)26-39(45)24-48(51)56(47,55(37)46)19-18-33-10-6-4-7-11-33/h4-15,18-20,23,25-27,30-31,37,41,46-48,51,55,58-60H,16-17,21-22,24,28-29H2,1-3H3/b19-18+/t37-,41+,46-,47+,48-,51-,55-,56-/m1/s1. The maximum Gasteiger partial charge on any atom is 0.310 e. The van der Waals surface area contributed by atoms with Crippen LogP contribution in [0.15, 0.2) is 121 Å². The average molecular weight is 871 g/mol. The van der Waals surface area contributed by atoms with Gasteiger partial charge in [-0.1, -0.05) is 84.9 Å². The lowest BCUT2D eigenvalue weighted by Crippen LogP contribution is -2.59. The summed E-state index contributed by atoms with van der Waals surface area (Å²) in [5, 5.41) is 34.9. The summed E-state index contributed by atoms with van der Waals surface area (Å²) in [7, 11) is 3.12. The maximum absolute atomic E-state index is 14.4. The van der Waals surface area contributed by atoms with Crippen LogP contribution in [0.25, 0.3) is 28.0 Å². The van der Waals surface area contributed by atoms with Gasteiger partial charge < -0.3 is 34.3 Å². The molecule has 6 aromatic carbocycles. The first-order valence-electron chi connectivity index (χ1n) is 22.7.